The summed E-state index contributed by atoms with van der Waals surface area (Å²) in [7, 11) is 0. The van der Waals surface area contributed by atoms with Gasteiger partial charge in [0, 0.05) is 6.07 Å². The minimum atomic E-state index is -0.292. The van der Waals surface area contributed by atoms with Crippen LogP contribution in [0.15, 0.2) is 12.1 Å². The number of hydrogen-bond donors (Lipinski definition) is 0. The van der Waals surface area contributed by atoms with Crippen LogP contribution < -0.4 is 0 Å². The van der Waals surface area contributed by atoms with Crippen LogP contribution in [0.4, 0.5) is 5.69 Å². The Kier molecular flexibility index (Phi) is 2.95. The molecule has 15 heavy (non-hydrogen) atoms. The van der Waals surface area contributed by atoms with Crippen molar-refractivity contribution >= 4 is 28.3 Å². The Balaban J connectivity index is 2.46. The number of halogens is 1. The summed E-state index contributed by atoms with van der Waals surface area (Å²) in [6, 6.07) is 3.73. The predicted octanol–water partition coefficient (Wildman–Crippen LogP) is 3.32. The van der Waals surface area contributed by atoms with Gasteiger partial charge >= 0.3 is 0 Å². The molecule has 0 aromatic heterocycles. The second-order valence-electron chi connectivity index (χ2n) is 4.18. The number of hydrogen-bond acceptors (Lipinski definition) is 2. The molecule has 4 heteroatoms. The molecule has 3 nitrogen and oxygen atoms in total. The minimum Gasteiger partial charge on any atom is -0.258 e. The Morgan fingerprint density at radius 2 is 2.20 bits per heavy atom. The Labute approximate surface area is 102 Å². The summed E-state index contributed by atoms with van der Waals surface area (Å²) in [6.07, 6.45) is 3.18. The number of nitro groups is 1. The van der Waals surface area contributed by atoms with Gasteiger partial charge in [-0.05, 0) is 65.0 Å². The normalized spacial score (nSPS) is 19.7. The summed E-state index contributed by atoms with van der Waals surface area (Å²) in [5, 5.41) is 10.8. The van der Waals surface area contributed by atoms with E-state index in [9.17, 15) is 10.1 Å². The van der Waals surface area contributed by atoms with Gasteiger partial charge in [0.1, 0.15) is 0 Å². The molecular formula is C11H12INO2. The van der Waals surface area contributed by atoms with Crippen LogP contribution in [0, 0.1) is 19.6 Å². The maximum absolute atomic E-state index is 10.8. The van der Waals surface area contributed by atoms with Crippen molar-refractivity contribution in [1.82, 2.24) is 0 Å². The number of nitrogens with zero attached hydrogens (tertiary/aromatic N) is 1. The number of rotatable bonds is 1. The summed E-state index contributed by atoms with van der Waals surface area (Å²) in [6.45, 7) is 2.23. The Morgan fingerprint density at radius 1 is 1.47 bits per heavy atom. The maximum atomic E-state index is 10.8. The van der Waals surface area contributed by atoms with E-state index in [1.54, 1.807) is 6.07 Å². The van der Waals surface area contributed by atoms with E-state index < -0.39 is 0 Å². The van der Waals surface area contributed by atoms with Gasteiger partial charge < -0.3 is 0 Å². The predicted molar refractivity (Wildman–Crippen MR) is 67.0 cm³/mol. The van der Waals surface area contributed by atoms with Crippen molar-refractivity contribution in [2.24, 2.45) is 5.92 Å². The minimum absolute atomic E-state index is 0.254. The first-order valence-corrected chi connectivity index (χ1v) is 6.11. The van der Waals surface area contributed by atoms with Crippen molar-refractivity contribution in [1.29, 1.82) is 0 Å². The highest BCUT2D eigenvalue weighted by molar-refractivity contribution is 14.1. The van der Waals surface area contributed by atoms with Crippen molar-refractivity contribution < 1.29 is 4.92 Å². The van der Waals surface area contributed by atoms with E-state index in [-0.39, 0.29) is 10.6 Å². The third-order valence-corrected chi connectivity index (χ3v) is 3.80. The number of aryl methyl sites for hydroxylation is 1. The lowest BCUT2D eigenvalue weighted by atomic mass is 9.85. The zero-order valence-electron chi connectivity index (χ0n) is 8.50. The molecule has 0 saturated heterocycles. The molecule has 80 valence electrons. The van der Waals surface area contributed by atoms with Crippen LogP contribution in [-0.4, -0.2) is 4.92 Å². The van der Waals surface area contributed by atoms with Gasteiger partial charge in [-0.1, -0.05) is 6.92 Å². The van der Waals surface area contributed by atoms with Crippen molar-refractivity contribution in [3.8, 4) is 0 Å². The third kappa shape index (κ3) is 2.14. The monoisotopic (exact) mass is 317 g/mol. The van der Waals surface area contributed by atoms with Gasteiger partial charge in [0.15, 0.2) is 0 Å². The largest absolute Gasteiger partial charge is 0.282 e. The average Bonchev–Trinajstić information content (AvgIpc) is 2.15. The SMILES string of the molecule is CC1CCc2cc([N+](=O)[O-])c(I)cc2C1. The third-order valence-electron chi connectivity index (χ3n) is 2.94. The van der Waals surface area contributed by atoms with Crippen LogP contribution in [0.5, 0.6) is 0 Å². The topological polar surface area (TPSA) is 43.1 Å². The summed E-state index contributed by atoms with van der Waals surface area (Å²) >= 11 is 2.05. The molecule has 1 aromatic carbocycles. The molecule has 2 rings (SSSR count). The fraction of sp³-hybridized carbons (Fsp3) is 0.455. The number of nitro benzene ring substituents is 1. The van der Waals surface area contributed by atoms with Crippen molar-refractivity contribution in [3.63, 3.8) is 0 Å². The van der Waals surface area contributed by atoms with Crippen LogP contribution in [0.1, 0.15) is 24.5 Å². The summed E-state index contributed by atoms with van der Waals surface area (Å²) in [5.74, 6) is 0.703. The first kappa shape index (κ1) is 10.9. The second-order valence-corrected chi connectivity index (χ2v) is 5.34. The average molecular weight is 317 g/mol. The van der Waals surface area contributed by atoms with E-state index in [0.29, 0.717) is 5.92 Å². The zero-order valence-corrected chi connectivity index (χ0v) is 10.7. The van der Waals surface area contributed by atoms with Gasteiger partial charge in [0.05, 0.1) is 8.49 Å². The molecule has 0 bridgehead atoms. The first-order chi connectivity index (χ1) is 7.08. The lowest BCUT2D eigenvalue weighted by Gasteiger charge is -2.21. The molecule has 1 aliphatic rings. The Hall–Kier alpha value is -0.650. The standard InChI is InChI=1S/C11H12INO2/c1-7-2-3-8-6-11(13(14)15)10(12)5-9(8)4-7/h5-7H,2-4H2,1H3. The number of benzene rings is 1. The molecule has 1 atom stereocenters. The lowest BCUT2D eigenvalue weighted by Crippen LogP contribution is -2.12. The molecule has 0 radical (unpaired) electrons. The molecule has 0 amide bonds. The lowest BCUT2D eigenvalue weighted by molar-refractivity contribution is -0.385. The van der Waals surface area contributed by atoms with E-state index in [4.69, 9.17) is 0 Å². The summed E-state index contributed by atoms with van der Waals surface area (Å²) in [5.41, 5.74) is 2.72. The van der Waals surface area contributed by atoms with E-state index in [1.807, 2.05) is 28.7 Å². The van der Waals surface area contributed by atoms with Gasteiger partial charge in [-0.25, -0.2) is 0 Å². The smallest absolute Gasteiger partial charge is 0.258 e. The van der Waals surface area contributed by atoms with Gasteiger partial charge in [-0.2, -0.15) is 0 Å². The summed E-state index contributed by atoms with van der Waals surface area (Å²) < 4.78 is 0.755. The molecule has 1 aliphatic carbocycles. The van der Waals surface area contributed by atoms with E-state index in [2.05, 4.69) is 6.92 Å². The van der Waals surface area contributed by atoms with Crippen molar-refractivity contribution in [3.05, 3.63) is 36.9 Å². The van der Waals surface area contributed by atoms with Gasteiger partial charge in [0.25, 0.3) is 5.69 Å². The Bertz CT molecular complexity index is 417. The van der Waals surface area contributed by atoms with Crippen molar-refractivity contribution in [2.75, 3.05) is 0 Å². The molecule has 1 aromatic rings. The van der Waals surface area contributed by atoms with E-state index >= 15 is 0 Å². The summed E-state index contributed by atoms with van der Waals surface area (Å²) in [4.78, 5) is 10.5. The fourth-order valence-electron chi connectivity index (χ4n) is 2.09. The van der Waals surface area contributed by atoms with Gasteiger partial charge in [-0.15, -0.1) is 0 Å². The van der Waals surface area contributed by atoms with Crippen LogP contribution in [0.25, 0.3) is 0 Å². The van der Waals surface area contributed by atoms with Gasteiger partial charge in [-0.3, -0.25) is 10.1 Å². The molecule has 0 saturated carbocycles. The molecule has 0 N–H and O–H groups in total. The fourth-order valence-corrected chi connectivity index (χ4v) is 2.82. The highest BCUT2D eigenvalue weighted by atomic mass is 127. The van der Waals surface area contributed by atoms with Crippen molar-refractivity contribution in [2.45, 2.75) is 26.2 Å². The van der Waals surface area contributed by atoms with E-state index in [1.165, 1.54) is 11.1 Å². The quantitative estimate of drug-likeness (QED) is 0.453. The van der Waals surface area contributed by atoms with Crippen LogP contribution >= 0.6 is 22.6 Å². The molecule has 0 heterocycles. The zero-order chi connectivity index (χ0) is 11.0. The number of fused-ring (bicyclic) bond motifs is 1. The molecule has 0 aliphatic heterocycles. The second kappa shape index (κ2) is 4.08. The van der Waals surface area contributed by atoms with E-state index in [0.717, 1.165) is 22.8 Å². The molecule has 1 unspecified atom stereocenters. The molecule has 0 spiro atoms. The molecule has 0 fully saturated rings. The molecular weight excluding hydrogens is 305 g/mol. The maximum Gasteiger partial charge on any atom is 0.282 e. The van der Waals surface area contributed by atoms with Crippen LogP contribution in [-0.2, 0) is 12.8 Å². The van der Waals surface area contributed by atoms with Gasteiger partial charge in [0.2, 0.25) is 0 Å². The van der Waals surface area contributed by atoms with Crippen LogP contribution in [0.3, 0.4) is 0 Å². The first-order valence-electron chi connectivity index (χ1n) is 5.03. The highest BCUT2D eigenvalue weighted by Gasteiger charge is 2.20. The highest BCUT2D eigenvalue weighted by Crippen LogP contribution is 2.31. The Morgan fingerprint density at radius 3 is 2.87 bits per heavy atom. The van der Waals surface area contributed by atoms with Crippen LogP contribution in [0.2, 0.25) is 0 Å².